The molecule has 2 N–H and O–H groups in total. The Balaban J connectivity index is 1.66. The summed E-state index contributed by atoms with van der Waals surface area (Å²) in [5, 5.41) is 2.60. The van der Waals surface area contributed by atoms with Gasteiger partial charge in [0.05, 0.1) is 10.3 Å². The Morgan fingerprint density at radius 3 is 2.24 bits per heavy atom. The van der Waals surface area contributed by atoms with E-state index < -0.39 is 28.0 Å². The van der Waals surface area contributed by atoms with Crippen LogP contribution in [0.4, 0.5) is 26.2 Å². The molecule has 3 amide bonds. The van der Waals surface area contributed by atoms with Gasteiger partial charge in [0.15, 0.2) is 0 Å². The van der Waals surface area contributed by atoms with Gasteiger partial charge >= 0.3 is 6.03 Å². The summed E-state index contributed by atoms with van der Waals surface area (Å²) in [5.41, 5.74) is 0.169. The quantitative estimate of drug-likeness (QED) is 0.514. The number of amides is 3. The third-order valence-corrected chi connectivity index (χ3v) is 6.82. The number of rotatable bonds is 9. The van der Waals surface area contributed by atoms with Crippen LogP contribution in [-0.4, -0.2) is 57.4 Å². The van der Waals surface area contributed by atoms with Crippen molar-refractivity contribution in [3.63, 3.8) is 0 Å². The van der Waals surface area contributed by atoms with E-state index in [2.05, 4.69) is 10.0 Å². The van der Waals surface area contributed by atoms with Gasteiger partial charge in [-0.25, -0.2) is 17.6 Å². The average molecular weight is 497 g/mol. The Kier molecular flexibility index (Phi) is 7.48. The van der Waals surface area contributed by atoms with Gasteiger partial charge in [-0.3, -0.25) is 14.4 Å². The Morgan fingerprint density at radius 1 is 1.06 bits per heavy atom. The van der Waals surface area contributed by atoms with Gasteiger partial charge in [0.25, 0.3) is 10.0 Å². The largest absolute Gasteiger partial charge is 0.326 e. The normalized spacial score (nSPS) is 14.5. The Hall–Kier alpha value is -2.85. The molecule has 1 saturated heterocycles. The van der Waals surface area contributed by atoms with Gasteiger partial charge in [0, 0.05) is 42.6 Å². The molecule has 8 nitrogen and oxygen atoms in total. The van der Waals surface area contributed by atoms with E-state index in [1.807, 2.05) is 0 Å². The van der Waals surface area contributed by atoms with E-state index in [9.17, 15) is 22.4 Å². The van der Waals surface area contributed by atoms with Crippen LogP contribution in [0.1, 0.15) is 13.8 Å². The van der Waals surface area contributed by atoms with Gasteiger partial charge in [0.2, 0.25) is 5.91 Å². The molecule has 2 aromatic carbocycles. The maximum Gasteiger partial charge on any atom is 0.324 e. The van der Waals surface area contributed by atoms with Crippen molar-refractivity contribution in [1.82, 2.24) is 4.90 Å². The van der Waals surface area contributed by atoms with E-state index in [1.54, 1.807) is 21.9 Å². The van der Waals surface area contributed by atoms with Gasteiger partial charge in [-0.2, -0.15) is 0 Å². The highest BCUT2D eigenvalue weighted by molar-refractivity contribution is 7.92. The molecule has 2 aromatic rings. The number of nitrogens with one attached hydrogen (secondary N) is 2. The lowest BCUT2D eigenvalue weighted by Crippen LogP contribution is -2.32. The van der Waals surface area contributed by atoms with Crippen LogP contribution in [0.15, 0.2) is 53.4 Å². The summed E-state index contributed by atoms with van der Waals surface area (Å²) in [4.78, 5) is 27.7. The molecular formula is C22H26ClFN4O4S. The lowest BCUT2D eigenvalue weighted by atomic mass is 9.94. The zero-order chi connectivity index (χ0) is 24.2. The Bertz CT molecular complexity index is 1110. The van der Waals surface area contributed by atoms with E-state index in [1.165, 1.54) is 50.2 Å². The molecule has 0 aromatic heterocycles. The number of carbonyl (C=O) groups excluding carboxylic acids is 2. The van der Waals surface area contributed by atoms with Gasteiger partial charge in [-0.05, 0) is 62.4 Å². The summed E-state index contributed by atoms with van der Waals surface area (Å²) in [5.74, 6) is -0.119. The second-order valence-electron chi connectivity index (χ2n) is 8.26. The second kappa shape index (κ2) is 9.96. The Morgan fingerprint density at radius 2 is 1.67 bits per heavy atom. The zero-order valence-corrected chi connectivity index (χ0v) is 19.9. The second-order valence-corrected chi connectivity index (χ2v) is 10.3. The lowest BCUT2D eigenvalue weighted by Gasteiger charge is -2.19. The monoisotopic (exact) mass is 496 g/mol. The Labute approximate surface area is 197 Å². The molecule has 178 valence electrons. The molecule has 0 unspecified atom stereocenters. The van der Waals surface area contributed by atoms with Crippen molar-refractivity contribution in [1.29, 1.82) is 0 Å². The number of hydrogen-bond acceptors (Lipinski definition) is 4. The molecule has 11 heteroatoms. The number of hydrogen-bond donors (Lipinski definition) is 2. The molecule has 1 fully saturated rings. The van der Waals surface area contributed by atoms with Gasteiger partial charge < -0.3 is 10.2 Å². The fraction of sp³-hybridized carbons (Fsp3) is 0.364. The highest BCUT2D eigenvalue weighted by Gasteiger charge is 2.29. The molecule has 1 aliphatic heterocycles. The van der Waals surface area contributed by atoms with Crippen LogP contribution < -0.4 is 14.9 Å². The minimum atomic E-state index is -3.87. The van der Waals surface area contributed by atoms with Crippen molar-refractivity contribution in [2.45, 2.75) is 18.7 Å². The van der Waals surface area contributed by atoms with Crippen molar-refractivity contribution in [2.75, 3.05) is 47.1 Å². The number of benzene rings is 2. The molecular weight excluding hydrogens is 471 g/mol. The molecule has 0 bridgehead atoms. The highest BCUT2D eigenvalue weighted by atomic mass is 35.5. The van der Waals surface area contributed by atoms with Crippen LogP contribution in [-0.2, 0) is 14.8 Å². The van der Waals surface area contributed by atoms with Crippen molar-refractivity contribution < 1.29 is 22.4 Å². The number of urea groups is 1. The average Bonchev–Trinajstić information content (AvgIpc) is 3.15. The van der Waals surface area contributed by atoms with Crippen LogP contribution in [0.2, 0.25) is 0 Å². The van der Waals surface area contributed by atoms with Crippen molar-refractivity contribution in [2.24, 2.45) is 5.41 Å². The predicted octanol–water partition coefficient (Wildman–Crippen LogP) is 3.90. The first-order chi connectivity index (χ1) is 15.6. The summed E-state index contributed by atoms with van der Waals surface area (Å²) in [6, 6.07) is 11.9. The summed E-state index contributed by atoms with van der Waals surface area (Å²) >= 11 is 5.71. The van der Waals surface area contributed by atoms with Gasteiger partial charge in [-0.1, -0.05) is 0 Å². The van der Waals surface area contributed by atoms with Crippen molar-refractivity contribution >= 4 is 50.6 Å². The van der Waals surface area contributed by atoms with Crippen molar-refractivity contribution in [3.05, 3.63) is 48.5 Å². The SMILES string of the molecule is CC(C)(CF)C(=O)Nc1ccc(NS(=O)(=O)c2ccc(N3CCN(CCCl)C3=O)cc2)cc1. The standard InChI is InChI=1S/C22H26ClFN4O4S/c1-22(2,15-24)20(29)25-16-3-5-17(6-4-16)26-33(31,32)19-9-7-18(8-10-19)28-14-13-27(12-11-23)21(28)30/h3-10,26H,11-15H2,1-2H3,(H,25,29). The molecule has 33 heavy (non-hydrogen) atoms. The van der Waals surface area contributed by atoms with Gasteiger partial charge in [-0.15, -0.1) is 11.6 Å². The molecule has 0 saturated carbocycles. The van der Waals surface area contributed by atoms with Crippen LogP contribution in [0.25, 0.3) is 0 Å². The van der Waals surface area contributed by atoms with Crippen LogP contribution in [0.5, 0.6) is 0 Å². The number of halogens is 2. The summed E-state index contributed by atoms with van der Waals surface area (Å²) in [6.45, 7) is 3.72. The molecule has 0 aliphatic carbocycles. The number of alkyl halides is 2. The number of nitrogens with zero attached hydrogens (tertiary/aromatic N) is 2. The molecule has 1 heterocycles. The number of carbonyl (C=O) groups is 2. The van der Waals surface area contributed by atoms with E-state index in [-0.39, 0.29) is 10.9 Å². The third-order valence-electron chi connectivity index (χ3n) is 5.25. The molecule has 0 radical (unpaired) electrons. The fourth-order valence-electron chi connectivity index (χ4n) is 3.13. The minimum Gasteiger partial charge on any atom is -0.326 e. The molecule has 1 aliphatic rings. The maximum atomic E-state index is 13.0. The van der Waals surface area contributed by atoms with E-state index >= 15 is 0 Å². The number of sulfonamides is 1. The summed E-state index contributed by atoms with van der Waals surface area (Å²) in [7, 11) is -3.87. The van der Waals surface area contributed by atoms with E-state index in [0.717, 1.165) is 0 Å². The lowest BCUT2D eigenvalue weighted by molar-refractivity contribution is -0.124. The first-order valence-corrected chi connectivity index (χ1v) is 12.3. The molecule has 0 atom stereocenters. The predicted molar refractivity (Wildman–Crippen MR) is 127 cm³/mol. The summed E-state index contributed by atoms with van der Waals surface area (Å²) in [6.07, 6.45) is 0. The van der Waals surface area contributed by atoms with Crippen LogP contribution in [0, 0.1) is 5.41 Å². The summed E-state index contributed by atoms with van der Waals surface area (Å²) < 4.78 is 40.9. The fourth-order valence-corrected chi connectivity index (χ4v) is 4.40. The maximum absolute atomic E-state index is 13.0. The van der Waals surface area contributed by atoms with E-state index in [4.69, 9.17) is 11.6 Å². The molecule has 0 spiro atoms. The van der Waals surface area contributed by atoms with E-state index in [0.29, 0.717) is 42.6 Å². The third kappa shape index (κ3) is 5.75. The van der Waals surface area contributed by atoms with Crippen molar-refractivity contribution in [3.8, 4) is 0 Å². The number of anilines is 3. The molecule has 3 rings (SSSR count). The highest BCUT2D eigenvalue weighted by Crippen LogP contribution is 2.25. The van der Waals surface area contributed by atoms with Gasteiger partial charge in [0.1, 0.15) is 6.67 Å². The first kappa shape index (κ1) is 24.8. The smallest absolute Gasteiger partial charge is 0.324 e. The minimum absolute atomic E-state index is 0.0394. The topological polar surface area (TPSA) is 98.8 Å². The zero-order valence-electron chi connectivity index (χ0n) is 18.3. The van der Waals surface area contributed by atoms with Crippen LogP contribution >= 0.6 is 11.6 Å². The van der Waals surface area contributed by atoms with Crippen LogP contribution in [0.3, 0.4) is 0 Å². The first-order valence-electron chi connectivity index (χ1n) is 10.3.